The number of nitrogens with one attached hydrogen (secondary N) is 1. The molecule has 110 valence electrons. The van der Waals surface area contributed by atoms with Gasteiger partial charge in [0, 0.05) is 12.1 Å². The van der Waals surface area contributed by atoms with Crippen molar-refractivity contribution in [1.82, 2.24) is 0 Å². The van der Waals surface area contributed by atoms with Gasteiger partial charge in [-0.1, -0.05) is 18.2 Å². The van der Waals surface area contributed by atoms with Gasteiger partial charge in [-0.05, 0) is 43.2 Å². The Bertz CT molecular complexity index is 638. The van der Waals surface area contributed by atoms with Gasteiger partial charge in [-0.3, -0.25) is 10.1 Å². The Morgan fingerprint density at radius 2 is 1.86 bits per heavy atom. The molecule has 21 heavy (non-hydrogen) atoms. The van der Waals surface area contributed by atoms with Gasteiger partial charge in [0.2, 0.25) is 0 Å². The van der Waals surface area contributed by atoms with Crippen LogP contribution in [0.1, 0.15) is 24.1 Å². The number of hydrogen-bond donors (Lipinski definition) is 1. The van der Waals surface area contributed by atoms with Crippen molar-refractivity contribution in [1.29, 1.82) is 0 Å². The molecule has 0 heterocycles. The fourth-order valence-corrected chi connectivity index (χ4v) is 2.13. The van der Waals surface area contributed by atoms with Gasteiger partial charge < -0.3 is 10.1 Å². The van der Waals surface area contributed by atoms with E-state index in [-0.39, 0.29) is 16.7 Å². The first-order valence-corrected chi connectivity index (χ1v) is 6.67. The standard InChI is InChI=1S/C16H18N2O3/c1-11-4-9-16(18(19)20)15(10-11)17-12(2)13-5-7-14(21-3)8-6-13/h4-10,12,17H,1-3H3. The molecule has 0 aliphatic heterocycles. The van der Waals surface area contributed by atoms with Crippen LogP contribution < -0.4 is 10.1 Å². The molecule has 5 heteroatoms. The maximum absolute atomic E-state index is 11.1. The Balaban J connectivity index is 2.24. The molecule has 2 rings (SSSR count). The van der Waals surface area contributed by atoms with E-state index in [2.05, 4.69) is 5.32 Å². The maximum Gasteiger partial charge on any atom is 0.292 e. The summed E-state index contributed by atoms with van der Waals surface area (Å²) in [6.07, 6.45) is 0. The first-order chi connectivity index (χ1) is 10.0. The van der Waals surface area contributed by atoms with Gasteiger partial charge in [0.15, 0.2) is 0 Å². The highest BCUT2D eigenvalue weighted by molar-refractivity contribution is 5.63. The van der Waals surface area contributed by atoms with Crippen LogP contribution in [0.15, 0.2) is 42.5 Å². The topological polar surface area (TPSA) is 64.4 Å². The summed E-state index contributed by atoms with van der Waals surface area (Å²) in [5, 5.41) is 14.3. The van der Waals surface area contributed by atoms with Crippen LogP contribution in [-0.4, -0.2) is 12.0 Å². The van der Waals surface area contributed by atoms with E-state index < -0.39 is 0 Å². The molecule has 2 aromatic rings. The molecule has 0 aromatic heterocycles. The van der Waals surface area contributed by atoms with E-state index in [1.807, 2.05) is 38.1 Å². The highest BCUT2D eigenvalue weighted by atomic mass is 16.6. The molecule has 2 aromatic carbocycles. The van der Waals surface area contributed by atoms with Crippen molar-refractivity contribution < 1.29 is 9.66 Å². The van der Waals surface area contributed by atoms with Crippen molar-refractivity contribution in [3.8, 4) is 5.75 Å². The highest BCUT2D eigenvalue weighted by Crippen LogP contribution is 2.29. The van der Waals surface area contributed by atoms with Crippen LogP contribution in [0.3, 0.4) is 0 Å². The van der Waals surface area contributed by atoms with Crippen LogP contribution in [0, 0.1) is 17.0 Å². The molecule has 5 nitrogen and oxygen atoms in total. The molecule has 0 aliphatic carbocycles. The normalized spacial score (nSPS) is 11.8. The van der Waals surface area contributed by atoms with Crippen LogP contribution in [0.2, 0.25) is 0 Å². The van der Waals surface area contributed by atoms with Crippen LogP contribution in [0.25, 0.3) is 0 Å². The van der Waals surface area contributed by atoms with Crippen molar-refractivity contribution in [2.45, 2.75) is 19.9 Å². The Morgan fingerprint density at radius 3 is 2.43 bits per heavy atom. The quantitative estimate of drug-likeness (QED) is 0.664. The van der Waals surface area contributed by atoms with Crippen LogP contribution in [-0.2, 0) is 0 Å². The number of benzene rings is 2. The second-order valence-corrected chi connectivity index (χ2v) is 4.92. The number of nitrogens with zero attached hydrogens (tertiary/aromatic N) is 1. The van der Waals surface area contributed by atoms with E-state index in [4.69, 9.17) is 4.74 Å². The monoisotopic (exact) mass is 286 g/mol. The zero-order valence-electron chi connectivity index (χ0n) is 12.3. The van der Waals surface area contributed by atoms with Crippen molar-refractivity contribution >= 4 is 11.4 Å². The molecular weight excluding hydrogens is 268 g/mol. The third kappa shape index (κ3) is 3.51. The first-order valence-electron chi connectivity index (χ1n) is 6.67. The number of hydrogen-bond acceptors (Lipinski definition) is 4. The molecule has 0 saturated carbocycles. The van der Waals surface area contributed by atoms with E-state index in [1.165, 1.54) is 6.07 Å². The van der Waals surface area contributed by atoms with Crippen molar-refractivity contribution in [2.75, 3.05) is 12.4 Å². The smallest absolute Gasteiger partial charge is 0.292 e. The minimum absolute atomic E-state index is 0.0450. The Kier molecular flexibility index (Phi) is 4.42. The fraction of sp³-hybridized carbons (Fsp3) is 0.250. The predicted molar refractivity (Wildman–Crippen MR) is 82.9 cm³/mol. The zero-order chi connectivity index (χ0) is 15.4. The van der Waals surface area contributed by atoms with Gasteiger partial charge in [-0.2, -0.15) is 0 Å². The second-order valence-electron chi connectivity index (χ2n) is 4.92. The molecule has 1 unspecified atom stereocenters. The number of aryl methyl sites for hydroxylation is 1. The van der Waals surface area contributed by atoms with Gasteiger partial charge in [0.25, 0.3) is 5.69 Å². The third-order valence-corrected chi connectivity index (χ3v) is 3.34. The van der Waals surface area contributed by atoms with Gasteiger partial charge in [0.1, 0.15) is 11.4 Å². The lowest BCUT2D eigenvalue weighted by atomic mass is 10.1. The van der Waals surface area contributed by atoms with Gasteiger partial charge in [-0.15, -0.1) is 0 Å². The summed E-state index contributed by atoms with van der Waals surface area (Å²) >= 11 is 0. The molecule has 0 saturated heterocycles. The largest absolute Gasteiger partial charge is 0.497 e. The van der Waals surface area contributed by atoms with Gasteiger partial charge >= 0.3 is 0 Å². The number of methoxy groups -OCH3 is 1. The molecule has 0 fully saturated rings. The van der Waals surface area contributed by atoms with E-state index in [1.54, 1.807) is 19.2 Å². The molecule has 0 radical (unpaired) electrons. The summed E-state index contributed by atoms with van der Waals surface area (Å²) in [6.45, 7) is 3.88. The Hall–Kier alpha value is -2.56. The lowest BCUT2D eigenvalue weighted by molar-refractivity contribution is -0.384. The SMILES string of the molecule is COc1ccc(C(C)Nc2cc(C)ccc2[N+](=O)[O-])cc1. The van der Waals surface area contributed by atoms with Crippen LogP contribution >= 0.6 is 0 Å². The van der Waals surface area contributed by atoms with Gasteiger partial charge in [0.05, 0.1) is 12.0 Å². The summed E-state index contributed by atoms with van der Waals surface area (Å²) in [5.41, 5.74) is 2.63. The maximum atomic E-state index is 11.1. The molecule has 0 spiro atoms. The van der Waals surface area contributed by atoms with Crippen LogP contribution in [0.5, 0.6) is 5.75 Å². The average molecular weight is 286 g/mol. The third-order valence-electron chi connectivity index (χ3n) is 3.34. The summed E-state index contributed by atoms with van der Waals surface area (Å²) in [6, 6.07) is 12.6. The molecule has 1 atom stereocenters. The van der Waals surface area contributed by atoms with E-state index in [0.717, 1.165) is 16.9 Å². The number of anilines is 1. The van der Waals surface area contributed by atoms with E-state index in [0.29, 0.717) is 5.69 Å². The van der Waals surface area contributed by atoms with E-state index >= 15 is 0 Å². The lowest BCUT2D eigenvalue weighted by Gasteiger charge is -2.16. The molecule has 0 bridgehead atoms. The number of nitro benzene ring substituents is 1. The second kappa shape index (κ2) is 6.26. The zero-order valence-corrected chi connectivity index (χ0v) is 12.3. The highest BCUT2D eigenvalue weighted by Gasteiger charge is 2.16. The number of ether oxygens (including phenoxy) is 1. The Morgan fingerprint density at radius 1 is 1.19 bits per heavy atom. The molecule has 0 amide bonds. The summed E-state index contributed by atoms with van der Waals surface area (Å²) in [5.74, 6) is 0.785. The number of nitro groups is 1. The van der Waals surface area contributed by atoms with E-state index in [9.17, 15) is 10.1 Å². The van der Waals surface area contributed by atoms with Crippen molar-refractivity contribution in [2.24, 2.45) is 0 Å². The summed E-state index contributed by atoms with van der Waals surface area (Å²) < 4.78 is 5.12. The lowest BCUT2D eigenvalue weighted by Crippen LogP contribution is -2.08. The fourth-order valence-electron chi connectivity index (χ4n) is 2.13. The Labute approximate surface area is 123 Å². The molecule has 0 aliphatic rings. The van der Waals surface area contributed by atoms with Crippen molar-refractivity contribution in [3.63, 3.8) is 0 Å². The first kappa shape index (κ1) is 14.8. The average Bonchev–Trinajstić information content (AvgIpc) is 2.47. The van der Waals surface area contributed by atoms with Crippen molar-refractivity contribution in [3.05, 3.63) is 63.7 Å². The summed E-state index contributed by atoms with van der Waals surface area (Å²) in [7, 11) is 1.62. The van der Waals surface area contributed by atoms with Crippen LogP contribution in [0.4, 0.5) is 11.4 Å². The minimum Gasteiger partial charge on any atom is -0.497 e. The van der Waals surface area contributed by atoms with Gasteiger partial charge in [-0.25, -0.2) is 0 Å². The molecule has 1 N–H and O–H groups in total. The summed E-state index contributed by atoms with van der Waals surface area (Å²) in [4.78, 5) is 10.7. The molecular formula is C16H18N2O3. The minimum atomic E-state index is -0.373. The predicted octanol–water partition coefficient (Wildman–Crippen LogP) is 4.08. The number of rotatable bonds is 5.